The van der Waals surface area contributed by atoms with Crippen LogP contribution in [-0.4, -0.2) is 63.0 Å². The molecule has 0 spiro atoms. The lowest BCUT2D eigenvalue weighted by Gasteiger charge is -2.41. The number of aryl methyl sites for hydroxylation is 2. The average molecular weight is 806 g/mol. The van der Waals surface area contributed by atoms with E-state index in [1.807, 2.05) is 13.8 Å². The van der Waals surface area contributed by atoms with E-state index in [1.165, 1.54) is 12.1 Å². The minimum atomic E-state index is -3.72. The van der Waals surface area contributed by atoms with Gasteiger partial charge in [0.15, 0.2) is 16.6 Å². The fourth-order valence-electron chi connectivity index (χ4n) is 5.35. The summed E-state index contributed by atoms with van der Waals surface area (Å²) in [5, 5.41) is 10.0. The lowest BCUT2D eigenvalue weighted by Crippen LogP contribution is -2.45. The van der Waals surface area contributed by atoms with Gasteiger partial charge in [0, 0.05) is 22.9 Å². The van der Waals surface area contributed by atoms with Gasteiger partial charge in [-0.2, -0.15) is 8.42 Å². The van der Waals surface area contributed by atoms with Crippen LogP contribution in [0.2, 0.25) is 36.3 Å². The van der Waals surface area contributed by atoms with Crippen molar-refractivity contribution in [2.75, 3.05) is 0 Å². The summed E-state index contributed by atoms with van der Waals surface area (Å²) in [7, 11) is -5.67. The SMILES string of the molecule is CC(C)(C)[Si](C)(C)OC1CCCC(O)C1.Cc1ccc(S(=O)(=O)Cl)cc1.Cc1ccc(S(=O)(=O)OC2CCCC(O[Si](C)(C)C(C)(C)C)C2)cc1. The molecule has 0 amide bonds. The number of aliphatic hydroxyl groups is 1. The molecule has 4 rings (SSSR count). The minimum absolute atomic E-state index is 0.0906. The Morgan fingerprint density at radius 3 is 1.39 bits per heavy atom. The van der Waals surface area contributed by atoms with Crippen molar-refractivity contribution in [3.05, 3.63) is 59.7 Å². The van der Waals surface area contributed by atoms with E-state index in [4.69, 9.17) is 23.7 Å². The average Bonchev–Trinajstić information content (AvgIpc) is 2.96. The van der Waals surface area contributed by atoms with Gasteiger partial charge in [0.2, 0.25) is 0 Å². The largest absolute Gasteiger partial charge is 0.414 e. The first-order chi connectivity index (χ1) is 23.1. The molecule has 0 bridgehead atoms. The molecule has 2 aromatic carbocycles. The normalized spacial score (nSPS) is 22.2. The van der Waals surface area contributed by atoms with Crippen LogP contribution in [0.5, 0.6) is 0 Å². The second-order valence-corrected chi connectivity index (χ2v) is 30.9. The number of benzene rings is 2. The van der Waals surface area contributed by atoms with Crippen molar-refractivity contribution >= 4 is 46.5 Å². The molecule has 51 heavy (non-hydrogen) atoms. The molecule has 0 heterocycles. The van der Waals surface area contributed by atoms with Crippen LogP contribution in [0.15, 0.2) is 58.3 Å². The first-order valence-electron chi connectivity index (χ1n) is 18.2. The molecule has 2 aliphatic carbocycles. The van der Waals surface area contributed by atoms with Crippen molar-refractivity contribution in [2.45, 2.75) is 177 Å². The summed E-state index contributed by atoms with van der Waals surface area (Å²) in [4.78, 5) is 0.371. The second kappa shape index (κ2) is 18.5. The Bertz CT molecular complexity index is 1580. The van der Waals surface area contributed by atoms with Gasteiger partial charge >= 0.3 is 0 Å². The van der Waals surface area contributed by atoms with E-state index in [0.717, 1.165) is 56.1 Å². The fraction of sp³-hybridized carbons (Fsp3) is 0.684. The van der Waals surface area contributed by atoms with Crippen molar-refractivity contribution in [2.24, 2.45) is 0 Å². The molecule has 0 radical (unpaired) electrons. The predicted molar refractivity (Wildman–Crippen MR) is 215 cm³/mol. The molecule has 2 saturated carbocycles. The third kappa shape index (κ3) is 15.3. The number of hydrogen-bond donors (Lipinski definition) is 1. The molecule has 1 N–H and O–H groups in total. The van der Waals surface area contributed by atoms with Gasteiger partial charge in [0.05, 0.1) is 22.0 Å². The zero-order valence-electron chi connectivity index (χ0n) is 33.1. The maximum absolute atomic E-state index is 12.5. The number of hydrogen-bond acceptors (Lipinski definition) is 8. The van der Waals surface area contributed by atoms with Crippen LogP contribution in [0.4, 0.5) is 0 Å². The van der Waals surface area contributed by atoms with Gasteiger partial charge in [-0.05, 0) is 126 Å². The summed E-state index contributed by atoms with van der Waals surface area (Å²) in [6.45, 7) is 26.3. The van der Waals surface area contributed by atoms with Gasteiger partial charge in [-0.1, -0.05) is 76.9 Å². The summed E-state index contributed by atoms with van der Waals surface area (Å²) in [5.74, 6) is 0. The van der Waals surface area contributed by atoms with E-state index < -0.39 is 35.8 Å². The molecule has 0 aliphatic heterocycles. The Morgan fingerprint density at radius 2 is 1.00 bits per heavy atom. The standard InChI is InChI=1S/C19H32O4SSi.C12H26O2Si.C7H7ClO2S/c1-15-10-12-18(13-11-15)24(20,21)22-16-8-7-9-17(14-16)23-25(5,6)19(2,3)4;1-12(2,3)15(4,5)14-11-8-6-7-10(13)9-11;1-6-2-4-7(5-3-6)11(8,9)10/h10-13,16-17H,7-9,14H2,1-6H3;10-11,13H,6-9H2,1-5H3;2-5H,1H3. The van der Waals surface area contributed by atoms with Crippen LogP contribution < -0.4 is 0 Å². The highest BCUT2D eigenvalue weighted by Crippen LogP contribution is 2.40. The number of halogens is 1. The van der Waals surface area contributed by atoms with E-state index in [-0.39, 0.29) is 38.2 Å². The van der Waals surface area contributed by atoms with Crippen molar-refractivity contribution in [3.8, 4) is 0 Å². The van der Waals surface area contributed by atoms with Crippen LogP contribution in [-0.2, 0) is 32.2 Å². The highest BCUT2D eigenvalue weighted by Gasteiger charge is 2.41. The quantitative estimate of drug-likeness (QED) is 0.159. The van der Waals surface area contributed by atoms with Gasteiger partial charge in [0.1, 0.15) is 0 Å². The molecule has 4 atom stereocenters. The first-order valence-corrected chi connectivity index (χ1v) is 27.7. The van der Waals surface area contributed by atoms with Crippen molar-refractivity contribution in [1.82, 2.24) is 0 Å². The number of aliphatic hydroxyl groups excluding tert-OH is 1. The third-order valence-corrected chi connectivity index (χ3v) is 22.4. The predicted octanol–water partition coefficient (Wildman–Crippen LogP) is 10.3. The lowest BCUT2D eigenvalue weighted by molar-refractivity contribution is 0.0465. The Labute approximate surface area is 316 Å². The maximum atomic E-state index is 12.5. The van der Waals surface area contributed by atoms with E-state index in [2.05, 4.69) is 67.7 Å². The van der Waals surface area contributed by atoms with Crippen LogP contribution in [0.25, 0.3) is 0 Å². The van der Waals surface area contributed by atoms with Crippen LogP contribution in [0.1, 0.15) is 104 Å². The molecule has 0 aromatic heterocycles. The highest BCUT2D eigenvalue weighted by atomic mass is 35.7. The Kier molecular flexibility index (Phi) is 16.7. The van der Waals surface area contributed by atoms with Crippen molar-refractivity contribution in [3.63, 3.8) is 0 Å². The van der Waals surface area contributed by atoms with Crippen molar-refractivity contribution in [1.29, 1.82) is 0 Å². The van der Waals surface area contributed by atoms with Gasteiger partial charge in [0.25, 0.3) is 19.2 Å². The van der Waals surface area contributed by atoms with Crippen LogP contribution >= 0.6 is 10.7 Å². The Morgan fingerprint density at radius 1 is 0.627 bits per heavy atom. The van der Waals surface area contributed by atoms with E-state index in [1.54, 1.807) is 36.4 Å². The zero-order valence-corrected chi connectivity index (χ0v) is 37.5. The summed E-state index contributed by atoms with van der Waals surface area (Å²) in [6.07, 6.45) is 7.34. The smallest absolute Gasteiger partial charge is 0.297 e. The monoisotopic (exact) mass is 804 g/mol. The molecular weight excluding hydrogens is 740 g/mol. The molecular formula is C38H65ClO8S2Si2. The van der Waals surface area contributed by atoms with E-state index in [0.29, 0.717) is 12.5 Å². The van der Waals surface area contributed by atoms with Gasteiger partial charge in [-0.3, -0.25) is 4.18 Å². The van der Waals surface area contributed by atoms with Crippen LogP contribution in [0, 0.1) is 13.8 Å². The van der Waals surface area contributed by atoms with Crippen LogP contribution in [0.3, 0.4) is 0 Å². The molecule has 2 aliphatic rings. The summed E-state index contributed by atoms with van der Waals surface area (Å²) in [6, 6.07) is 13.2. The van der Waals surface area contributed by atoms with Gasteiger partial charge in [-0.25, -0.2) is 8.42 Å². The van der Waals surface area contributed by atoms with Gasteiger partial charge < -0.3 is 14.0 Å². The summed E-state index contributed by atoms with van der Waals surface area (Å²) >= 11 is 0. The number of rotatable bonds is 8. The molecule has 8 nitrogen and oxygen atoms in total. The van der Waals surface area contributed by atoms with E-state index >= 15 is 0 Å². The highest BCUT2D eigenvalue weighted by molar-refractivity contribution is 8.13. The minimum Gasteiger partial charge on any atom is -0.414 e. The molecule has 13 heteroatoms. The molecule has 2 aromatic rings. The van der Waals surface area contributed by atoms with Crippen molar-refractivity contribution < 1.29 is 35.0 Å². The first kappa shape index (κ1) is 46.1. The summed E-state index contributed by atoms with van der Waals surface area (Å²) < 4.78 is 64.7. The topological polar surface area (TPSA) is 116 Å². The molecule has 2 fully saturated rings. The fourth-order valence-corrected chi connectivity index (χ4v) is 10.0. The zero-order chi connectivity index (χ0) is 39.1. The molecule has 292 valence electrons. The summed E-state index contributed by atoms with van der Waals surface area (Å²) in [5.41, 5.74) is 2.04. The Hall–Kier alpha value is -1.10. The maximum Gasteiger partial charge on any atom is 0.297 e. The lowest BCUT2D eigenvalue weighted by atomic mass is 9.95. The second-order valence-electron chi connectivity index (χ2n) is 17.2. The van der Waals surface area contributed by atoms with Gasteiger partial charge in [-0.15, -0.1) is 0 Å². The Balaban J connectivity index is 0.000000293. The molecule has 0 saturated heterocycles. The molecule has 4 unspecified atom stereocenters. The third-order valence-electron chi connectivity index (χ3n) is 10.6. The van der Waals surface area contributed by atoms with E-state index in [9.17, 15) is 21.9 Å².